The summed E-state index contributed by atoms with van der Waals surface area (Å²) in [6, 6.07) is 15.6. The van der Waals surface area contributed by atoms with Crippen molar-refractivity contribution in [3.8, 4) is 11.4 Å². The second-order valence-corrected chi connectivity index (χ2v) is 6.97. The Bertz CT molecular complexity index is 944. The molecule has 0 bridgehead atoms. The lowest BCUT2D eigenvalue weighted by Gasteiger charge is -2.08. The molecule has 1 heterocycles. The van der Waals surface area contributed by atoms with Crippen LogP contribution in [0.3, 0.4) is 0 Å². The fraction of sp³-hybridized carbons (Fsp3) is 0.200. The number of nitrogens with one attached hydrogen (secondary N) is 1. The maximum atomic E-state index is 12.2. The predicted octanol–water partition coefficient (Wildman–Crippen LogP) is 4.82. The summed E-state index contributed by atoms with van der Waals surface area (Å²) in [6.07, 6.45) is 0. The molecule has 3 aromatic rings. The summed E-state index contributed by atoms with van der Waals surface area (Å²) in [7, 11) is 0. The van der Waals surface area contributed by atoms with Crippen LogP contribution >= 0.6 is 11.8 Å². The number of benzene rings is 2. The second kappa shape index (κ2) is 8.88. The summed E-state index contributed by atoms with van der Waals surface area (Å²) in [4.78, 5) is 13.2. The van der Waals surface area contributed by atoms with E-state index in [1.807, 2.05) is 48.9 Å². The first-order valence-corrected chi connectivity index (χ1v) is 9.52. The van der Waals surface area contributed by atoms with Crippen LogP contribution < -0.4 is 10.1 Å². The Kier molecular flexibility index (Phi) is 6.30. The zero-order chi connectivity index (χ0) is 20.1. The highest BCUT2D eigenvalue weighted by Crippen LogP contribution is 2.28. The monoisotopic (exact) mass is 403 g/mol. The van der Waals surface area contributed by atoms with Crippen molar-refractivity contribution in [1.82, 2.24) is 9.78 Å². The number of rotatable bonds is 7. The minimum absolute atomic E-state index is 0.0435. The van der Waals surface area contributed by atoms with E-state index >= 15 is 0 Å². The highest BCUT2D eigenvalue weighted by atomic mass is 32.2. The summed E-state index contributed by atoms with van der Waals surface area (Å²) in [5.41, 5.74) is 3.30. The van der Waals surface area contributed by atoms with Crippen molar-refractivity contribution < 1.29 is 18.3 Å². The van der Waals surface area contributed by atoms with Gasteiger partial charge in [-0.15, -0.1) is 11.8 Å². The van der Waals surface area contributed by atoms with Crippen LogP contribution in [0.25, 0.3) is 5.69 Å². The molecule has 0 saturated heterocycles. The van der Waals surface area contributed by atoms with E-state index in [4.69, 9.17) is 0 Å². The number of alkyl halides is 2. The summed E-state index contributed by atoms with van der Waals surface area (Å²) in [5.74, 6) is 0.0537. The summed E-state index contributed by atoms with van der Waals surface area (Å²) in [6.45, 7) is 1.00. The molecule has 5 nitrogen and oxygen atoms in total. The van der Waals surface area contributed by atoms with E-state index in [-0.39, 0.29) is 17.4 Å². The molecule has 0 spiro atoms. The second-order valence-electron chi connectivity index (χ2n) is 5.99. The lowest BCUT2D eigenvalue weighted by molar-refractivity contribution is -0.113. The topological polar surface area (TPSA) is 56.2 Å². The van der Waals surface area contributed by atoms with Gasteiger partial charge in [-0.2, -0.15) is 13.9 Å². The van der Waals surface area contributed by atoms with Gasteiger partial charge in [0.05, 0.1) is 27.7 Å². The molecule has 1 N–H and O–H groups in total. The third kappa shape index (κ3) is 4.89. The quantitative estimate of drug-likeness (QED) is 0.575. The molecular formula is C20H19F2N3O2S. The van der Waals surface area contributed by atoms with Gasteiger partial charge in [0.25, 0.3) is 0 Å². The highest BCUT2D eigenvalue weighted by Gasteiger charge is 2.15. The number of para-hydroxylation sites is 1. The van der Waals surface area contributed by atoms with E-state index in [9.17, 15) is 13.6 Å². The number of ether oxygens (including phenoxy) is 1. The van der Waals surface area contributed by atoms with E-state index in [1.165, 1.54) is 36.0 Å². The standard InChI is InChI=1S/C20H19F2N3O2S/c1-13-19(14(2)25(24-13)16-6-4-3-5-7-16)28-12-18(26)23-15-8-10-17(11-9-15)27-20(21)22/h3-11,20H,12H2,1-2H3,(H,23,26). The van der Waals surface area contributed by atoms with Crippen molar-refractivity contribution in [1.29, 1.82) is 0 Å². The van der Waals surface area contributed by atoms with Crippen molar-refractivity contribution in [2.75, 3.05) is 11.1 Å². The molecule has 0 aliphatic carbocycles. The smallest absolute Gasteiger partial charge is 0.387 e. The van der Waals surface area contributed by atoms with Crippen molar-refractivity contribution in [2.24, 2.45) is 0 Å². The SMILES string of the molecule is Cc1nn(-c2ccccc2)c(C)c1SCC(=O)Nc1ccc(OC(F)F)cc1. The van der Waals surface area contributed by atoms with Gasteiger partial charge in [-0.25, -0.2) is 4.68 Å². The maximum absolute atomic E-state index is 12.2. The number of hydrogen-bond acceptors (Lipinski definition) is 4. The Hall–Kier alpha value is -2.87. The fourth-order valence-corrected chi connectivity index (χ4v) is 3.61. The fourth-order valence-electron chi connectivity index (χ4n) is 2.71. The molecule has 0 radical (unpaired) electrons. The Balaban J connectivity index is 1.61. The number of carbonyl (C=O) groups is 1. The molecular weight excluding hydrogens is 384 g/mol. The van der Waals surface area contributed by atoms with Crippen LogP contribution in [0, 0.1) is 13.8 Å². The molecule has 0 aliphatic rings. The predicted molar refractivity (Wildman–Crippen MR) is 105 cm³/mol. The van der Waals surface area contributed by atoms with Gasteiger partial charge in [-0.05, 0) is 50.2 Å². The van der Waals surface area contributed by atoms with Crippen LogP contribution in [0.4, 0.5) is 14.5 Å². The Morgan fingerprint density at radius 3 is 2.46 bits per heavy atom. The van der Waals surface area contributed by atoms with Crippen LogP contribution in [0.5, 0.6) is 5.75 Å². The van der Waals surface area contributed by atoms with Gasteiger partial charge < -0.3 is 10.1 Å². The average molecular weight is 403 g/mol. The molecule has 0 aliphatic heterocycles. The molecule has 0 fully saturated rings. The number of halogens is 2. The highest BCUT2D eigenvalue weighted by molar-refractivity contribution is 8.00. The summed E-state index contributed by atoms with van der Waals surface area (Å²) < 4.78 is 30.5. The Labute approximate surface area is 165 Å². The zero-order valence-corrected chi connectivity index (χ0v) is 16.2. The van der Waals surface area contributed by atoms with Gasteiger partial charge >= 0.3 is 6.61 Å². The first-order valence-electron chi connectivity index (χ1n) is 8.53. The number of aromatic nitrogens is 2. The minimum Gasteiger partial charge on any atom is -0.435 e. The van der Waals surface area contributed by atoms with Gasteiger partial charge in [0.15, 0.2) is 0 Å². The Morgan fingerprint density at radius 1 is 1.14 bits per heavy atom. The van der Waals surface area contributed by atoms with Crippen LogP contribution in [-0.2, 0) is 4.79 Å². The summed E-state index contributed by atoms with van der Waals surface area (Å²) >= 11 is 1.41. The number of amides is 1. The molecule has 1 aromatic heterocycles. The molecule has 28 heavy (non-hydrogen) atoms. The van der Waals surface area contributed by atoms with Crippen molar-refractivity contribution in [3.05, 3.63) is 66.0 Å². The molecule has 3 rings (SSSR count). The van der Waals surface area contributed by atoms with E-state index in [1.54, 1.807) is 0 Å². The van der Waals surface area contributed by atoms with E-state index in [0.29, 0.717) is 5.69 Å². The number of aryl methyl sites for hydroxylation is 1. The number of anilines is 1. The van der Waals surface area contributed by atoms with Gasteiger partial charge in [0, 0.05) is 5.69 Å². The molecule has 2 aromatic carbocycles. The number of nitrogens with zero attached hydrogens (tertiary/aromatic N) is 2. The largest absolute Gasteiger partial charge is 0.435 e. The van der Waals surface area contributed by atoms with Crippen LogP contribution in [-0.4, -0.2) is 28.1 Å². The van der Waals surface area contributed by atoms with Gasteiger partial charge in [-0.3, -0.25) is 4.79 Å². The van der Waals surface area contributed by atoms with E-state index in [2.05, 4.69) is 15.2 Å². The third-order valence-electron chi connectivity index (χ3n) is 3.94. The lowest BCUT2D eigenvalue weighted by Crippen LogP contribution is -2.14. The van der Waals surface area contributed by atoms with Crippen molar-refractivity contribution >= 4 is 23.4 Å². The summed E-state index contributed by atoms with van der Waals surface area (Å²) in [5, 5.41) is 7.30. The molecule has 0 unspecified atom stereocenters. The molecule has 1 amide bonds. The molecule has 0 atom stereocenters. The van der Waals surface area contributed by atoms with E-state index < -0.39 is 6.61 Å². The van der Waals surface area contributed by atoms with Gasteiger partial charge in [0.2, 0.25) is 5.91 Å². The minimum atomic E-state index is -2.87. The normalized spacial score (nSPS) is 10.9. The van der Waals surface area contributed by atoms with Crippen molar-refractivity contribution in [3.63, 3.8) is 0 Å². The number of carbonyl (C=O) groups excluding carboxylic acids is 1. The number of hydrogen-bond donors (Lipinski definition) is 1. The van der Waals surface area contributed by atoms with Gasteiger partial charge in [-0.1, -0.05) is 18.2 Å². The van der Waals surface area contributed by atoms with Crippen molar-refractivity contribution in [2.45, 2.75) is 25.4 Å². The maximum Gasteiger partial charge on any atom is 0.387 e. The third-order valence-corrected chi connectivity index (χ3v) is 5.22. The molecule has 0 saturated carbocycles. The van der Waals surface area contributed by atoms with Crippen LogP contribution in [0.2, 0.25) is 0 Å². The number of thioether (sulfide) groups is 1. The molecule has 8 heteroatoms. The van der Waals surface area contributed by atoms with E-state index in [0.717, 1.165) is 22.0 Å². The lowest BCUT2D eigenvalue weighted by atomic mass is 10.3. The van der Waals surface area contributed by atoms with Crippen LogP contribution in [0.1, 0.15) is 11.4 Å². The first kappa shape index (κ1) is 19.9. The Morgan fingerprint density at radius 2 is 1.82 bits per heavy atom. The first-order chi connectivity index (χ1) is 13.4. The molecule has 146 valence electrons. The average Bonchev–Trinajstić information content (AvgIpc) is 2.96. The van der Waals surface area contributed by atoms with Gasteiger partial charge in [0.1, 0.15) is 5.75 Å². The zero-order valence-electron chi connectivity index (χ0n) is 15.4. The van der Waals surface area contributed by atoms with Crippen LogP contribution in [0.15, 0.2) is 59.5 Å².